The summed E-state index contributed by atoms with van der Waals surface area (Å²) in [5, 5.41) is 3.75. The molecule has 2 heterocycles. The predicted molar refractivity (Wildman–Crippen MR) is 120 cm³/mol. The molecule has 156 valence electrons. The van der Waals surface area contributed by atoms with Gasteiger partial charge in [0.1, 0.15) is 18.1 Å². The summed E-state index contributed by atoms with van der Waals surface area (Å²) in [6.07, 6.45) is 2.49. The van der Waals surface area contributed by atoms with Crippen LogP contribution in [-0.2, 0) is 0 Å². The number of benzene rings is 2. The van der Waals surface area contributed by atoms with E-state index in [9.17, 15) is 4.79 Å². The average molecular weight is 405 g/mol. The number of ether oxygens (including phenoxy) is 2. The number of rotatable bonds is 5. The monoisotopic (exact) mass is 404 g/mol. The second kappa shape index (κ2) is 7.40. The molecule has 2 aliphatic heterocycles. The lowest BCUT2D eigenvalue weighted by Gasteiger charge is -2.45. The molecule has 0 saturated heterocycles. The fourth-order valence-corrected chi connectivity index (χ4v) is 4.50. The van der Waals surface area contributed by atoms with Gasteiger partial charge in [0.15, 0.2) is 0 Å². The maximum Gasteiger partial charge on any atom is 0.277 e. The van der Waals surface area contributed by atoms with Crippen LogP contribution in [0.15, 0.2) is 53.0 Å². The molecule has 1 N–H and O–H groups in total. The van der Waals surface area contributed by atoms with Crippen molar-refractivity contribution in [3.8, 4) is 11.5 Å². The standard InChI is InChI=1S/C25H28N2O3/c1-24(2)13-21(16-6-9-18(29-5)10-7-16)22(25(3,4)27-24)15-30-19-11-8-17-14-26-23(28)20(17)12-19/h6-12,14,27H,13,15H2,1-5H3. The van der Waals surface area contributed by atoms with E-state index in [0.717, 1.165) is 17.7 Å². The number of hydrogen-bond donors (Lipinski definition) is 1. The van der Waals surface area contributed by atoms with Gasteiger partial charge in [-0.1, -0.05) is 12.1 Å². The zero-order valence-electron chi connectivity index (χ0n) is 18.2. The van der Waals surface area contributed by atoms with E-state index in [-0.39, 0.29) is 17.0 Å². The van der Waals surface area contributed by atoms with Crippen LogP contribution in [0.25, 0.3) is 5.57 Å². The molecule has 0 radical (unpaired) electrons. The van der Waals surface area contributed by atoms with Crippen LogP contribution in [0.5, 0.6) is 11.5 Å². The summed E-state index contributed by atoms with van der Waals surface area (Å²) in [4.78, 5) is 15.8. The lowest BCUT2D eigenvalue weighted by Crippen LogP contribution is -2.57. The third-order valence-electron chi connectivity index (χ3n) is 5.79. The van der Waals surface area contributed by atoms with E-state index < -0.39 is 0 Å². The van der Waals surface area contributed by atoms with Gasteiger partial charge in [-0.15, -0.1) is 0 Å². The molecule has 4 rings (SSSR count). The molecule has 30 heavy (non-hydrogen) atoms. The molecular formula is C25H28N2O3. The Morgan fingerprint density at radius 2 is 1.73 bits per heavy atom. The number of amides is 1. The normalized spacial score (nSPS) is 19.0. The van der Waals surface area contributed by atoms with E-state index in [1.165, 1.54) is 16.7 Å². The number of nitrogens with zero attached hydrogens (tertiary/aromatic N) is 1. The molecule has 0 unspecified atom stereocenters. The summed E-state index contributed by atoms with van der Waals surface area (Å²) in [6, 6.07) is 13.8. The van der Waals surface area contributed by atoms with E-state index in [1.807, 2.05) is 24.3 Å². The molecule has 0 fully saturated rings. The zero-order chi connectivity index (χ0) is 21.5. The Balaban J connectivity index is 1.68. The Labute approximate surface area is 177 Å². The molecule has 2 aliphatic rings. The summed E-state index contributed by atoms with van der Waals surface area (Å²) in [7, 11) is 1.68. The first-order valence-electron chi connectivity index (χ1n) is 10.2. The van der Waals surface area contributed by atoms with Gasteiger partial charge in [-0.3, -0.25) is 4.79 Å². The molecule has 2 aromatic carbocycles. The van der Waals surface area contributed by atoms with Crippen molar-refractivity contribution >= 4 is 17.7 Å². The molecule has 0 saturated carbocycles. The minimum absolute atomic E-state index is 0.0421. The van der Waals surface area contributed by atoms with Crippen LogP contribution in [0.2, 0.25) is 0 Å². The lowest BCUT2D eigenvalue weighted by atomic mass is 9.75. The first-order chi connectivity index (χ1) is 14.2. The second-order valence-electron chi connectivity index (χ2n) is 9.10. The summed E-state index contributed by atoms with van der Waals surface area (Å²) in [5.41, 5.74) is 4.81. The Hall–Kier alpha value is -2.92. The van der Waals surface area contributed by atoms with Crippen molar-refractivity contribution in [3.63, 3.8) is 0 Å². The Kier molecular flexibility index (Phi) is 5.02. The highest BCUT2D eigenvalue weighted by Gasteiger charge is 2.39. The van der Waals surface area contributed by atoms with E-state index in [4.69, 9.17) is 9.47 Å². The number of methoxy groups -OCH3 is 1. The molecule has 2 aromatic rings. The van der Waals surface area contributed by atoms with Crippen molar-refractivity contribution in [1.29, 1.82) is 0 Å². The van der Waals surface area contributed by atoms with Crippen molar-refractivity contribution in [2.24, 2.45) is 4.99 Å². The van der Waals surface area contributed by atoms with Gasteiger partial charge in [-0.05, 0) is 81.2 Å². The van der Waals surface area contributed by atoms with Gasteiger partial charge in [0.05, 0.1) is 12.7 Å². The molecule has 5 nitrogen and oxygen atoms in total. The number of hydrogen-bond acceptors (Lipinski definition) is 4. The number of carbonyl (C=O) groups excluding carboxylic acids is 1. The van der Waals surface area contributed by atoms with Crippen LogP contribution in [0.4, 0.5) is 0 Å². The molecule has 0 bridgehead atoms. The third-order valence-corrected chi connectivity index (χ3v) is 5.79. The maximum absolute atomic E-state index is 11.9. The number of aliphatic imine (C=N–C) groups is 1. The van der Waals surface area contributed by atoms with Crippen LogP contribution >= 0.6 is 0 Å². The molecule has 0 aromatic heterocycles. The first-order valence-corrected chi connectivity index (χ1v) is 10.2. The summed E-state index contributed by atoms with van der Waals surface area (Å²) in [6.45, 7) is 9.27. The summed E-state index contributed by atoms with van der Waals surface area (Å²) < 4.78 is 11.5. The third kappa shape index (κ3) is 3.90. The molecule has 0 spiro atoms. The Morgan fingerprint density at radius 1 is 1.03 bits per heavy atom. The van der Waals surface area contributed by atoms with E-state index in [1.54, 1.807) is 19.4 Å². The smallest absolute Gasteiger partial charge is 0.277 e. The molecular weight excluding hydrogens is 376 g/mol. The highest BCUT2D eigenvalue weighted by Crippen LogP contribution is 2.39. The molecule has 1 amide bonds. The lowest BCUT2D eigenvalue weighted by molar-refractivity contribution is 0.101. The average Bonchev–Trinajstić information content (AvgIpc) is 3.06. The molecule has 5 heteroatoms. The highest BCUT2D eigenvalue weighted by molar-refractivity contribution is 6.13. The molecule has 0 atom stereocenters. The van der Waals surface area contributed by atoms with Gasteiger partial charge in [-0.2, -0.15) is 0 Å². The number of fused-ring (bicyclic) bond motifs is 1. The van der Waals surface area contributed by atoms with Crippen LogP contribution in [0, 0.1) is 0 Å². The fraction of sp³-hybridized carbons (Fsp3) is 0.360. The second-order valence-corrected chi connectivity index (χ2v) is 9.10. The van der Waals surface area contributed by atoms with E-state index in [2.05, 4.69) is 50.1 Å². The minimum atomic E-state index is -0.243. The van der Waals surface area contributed by atoms with Crippen molar-refractivity contribution in [1.82, 2.24) is 5.32 Å². The van der Waals surface area contributed by atoms with E-state index in [0.29, 0.717) is 17.9 Å². The zero-order valence-corrected chi connectivity index (χ0v) is 18.2. The fourth-order valence-electron chi connectivity index (χ4n) is 4.50. The van der Waals surface area contributed by atoms with Gasteiger partial charge in [0.2, 0.25) is 0 Å². The van der Waals surface area contributed by atoms with E-state index >= 15 is 0 Å². The van der Waals surface area contributed by atoms with Crippen molar-refractivity contribution in [2.45, 2.75) is 45.2 Å². The van der Waals surface area contributed by atoms with Gasteiger partial charge in [0, 0.05) is 22.9 Å². The minimum Gasteiger partial charge on any atom is -0.497 e. The Morgan fingerprint density at radius 3 is 2.43 bits per heavy atom. The maximum atomic E-state index is 11.9. The van der Waals surface area contributed by atoms with Crippen molar-refractivity contribution in [2.75, 3.05) is 13.7 Å². The molecule has 0 aliphatic carbocycles. The highest BCUT2D eigenvalue weighted by atomic mass is 16.5. The number of nitrogens with one attached hydrogen (secondary N) is 1. The largest absolute Gasteiger partial charge is 0.497 e. The van der Waals surface area contributed by atoms with Gasteiger partial charge >= 0.3 is 0 Å². The first kappa shape index (κ1) is 20.4. The quantitative estimate of drug-likeness (QED) is 0.788. The van der Waals surface area contributed by atoms with Crippen molar-refractivity contribution < 1.29 is 14.3 Å². The van der Waals surface area contributed by atoms with Gasteiger partial charge < -0.3 is 14.8 Å². The Bertz CT molecular complexity index is 1050. The SMILES string of the molecule is COc1ccc(C2=C(COc3ccc4c(c3)C(=O)N=C4)C(C)(C)NC(C)(C)C2)cc1. The van der Waals surface area contributed by atoms with Crippen LogP contribution in [0.3, 0.4) is 0 Å². The van der Waals surface area contributed by atoms with Crippen LogP contribution in [-0.4, -0.2) is 36.9 Å². The van der Waals surface area contributed by atoms with Crippen molar-refractivity contribution in [3.05, 3.63) is 64.7 Å². The van der Waals surface area contributed by atoms with Gasteiger partial charge in [-0.25, -0.2) is 4.99 Å². The summed E-state index contributed by atoms with van der Waals surface area (Å²) in [5.74, 6) is 1.31. The number of carbonyl (C=O) groups is 1. The topological polar surface area (TPSA) is 59.9 Å². The van der Waals surface area contributed by atoms with Crippen LogP contribution < -0.4 is 14.8 Å². The summed E-state index contributed by atoms with van der Waals surface area (Å²) >= 11 is 0. The van der Waals surface area contributed by atoms with Crippen LogP contribution in [0.1, 0.15) is 55.6 Å². The van der Waals surface area contributed by atoms with Gasteiger partial charge in [0.25, 0.3) is 5.91 Å². The predicted octanol–water partition coefficient (Wildman–Crippen LogP) is 4.65.